The Kier molecular flexibility index (Phi) is 7.30. The van der Waals surface area contributed by atoms with Crippen LogP contribution >= 0.6 is 0 Å². The first-order valence-electron chi connectivity index (χ1n) is 5.62. The molecule has 16 heavy (non-hydrogen) atoms. The van der Waals surface area contributed by atoms with E-state index in [0.29, 0.717) is 12.5 Å². The predicted octanol–water partition coefficient (Wildman–Crippen LogP) is 1.56. The van der Waals surface area contributed by atoms with Crippen molar-refractivity contribution in [3.63, 3.8) is 0 Å². The number of hydrogen-bond acceptors (Lipinski definition) is 3. The Morgan fingerprint density at radius 1 is 1.38 bits per heavy atom. The molecule has 0 aliphatic heterocycles. The third-order valence-electron chi connectivity index (χ3n) is 3.08. The van der Waals surface area contributed by atoms with Crippen LogP contribution in [0.5, 0.6) is 0 Å². The van der Waals surface area contributed by atoms with Crippen LogP contribution in [-0.4, -0.2) is 36.1 Å². The fourth-order valence-electron chi connectivity index (χ4n) is 1.91. The minimum absolute atomic E-state index is 0.0309. The quantitative estimate of drug-likeness (QED) is 0.719. The van der Waals surface area contributed by atoms with E-state index in [1.807, 2.05) is 13.8 Å². The zero-order valence-corrected chi connectivity index (χ0v) is 10.6. The van der Waals surface area contributed by atoms with Gasteiger partial charge in [0.2, 0.25) is 0 Å². The van der Waals surface area contributed by atoms with Crippen LogP contribution in [0.4, 0.5) is 0 Å². The van der Waals surface area contributed by atoms with Gasteiger partial charge in [0.05, 0.1) is 6.10 Å². The Hall–Kier alpha value is -0.640. The Balaban J connectivity index is 0.00000106. The lowest BCUT2D eigenvalue weighted by Crippen LogP contribution is -2.38. The Labute approximate surface area is 98.4 Å². The highest BCUT2D eigenvalue weighted by molar-refractivity contribution is 5.26. The summed E-state index contributed by atoms with van der Waals surface area (Å²) in [7, 11) is 1.00. The molecule has 2 N–H and O–H groups in total. The first-order valence-corrected chi connectivity index (χ1v) is 5.62. The summed E-state index contributed by atoms with van der Waals surface area (Å²) in [5.74, 6) is 0.514. The molecule has 0 aromatic rings. The van der Waals surface area contributed by atoms with E-state index in [1.54, 1.807) is 6.08 Å². The van der Waals surface area contributed by atoms with Gasteiger partial charge < -0.3 is 14.9 Å². The standard InChI is InChI=1S/C12H19O2.CH4O/c1-5-10-7-11(13)8(3)9(4)12(10)14-6-2;1-2/h1,5,7-9,11-13H,6H2,2-4H3;2H,1H3/q-1;. The lowest BCUT2D eigenvalue weighted by molar-refractivity contribution is -0.00164. The maximum atomic E-state index is 9.73. The molecule has 0 saturated heterocycles. The van der Waals surface area contributed by atoms with Crippen molar-refractivity contribution in [1.82, 2.24) is 0 Å². The molecule has 3 nitrogen and oxygen atoms in total. The zero-order chi connectivity index (χ0) is 12.7. The van der Waals surface area contributed by atoms with Gasteiger partial charge in [-0.15, -0.1) is 6.08 Å². The lowest BCUT2D eigenvalue weighted by atomic mass is 9.78. The van der Waals surface area contributed by atoms with E-state index in [9.17, 15) is 5.11 Å². The average Bonchev–Trinajstić information content (AvgIpc) is 2.32. The molecule has 0 fully saturated rings. The minimum Gasteiger partial charge on any atom is -0.400 e. The summed E-state index contributed by atoms with van der Waals surface area (Å²) in [6.45, 7) is 12.3. The van der Waals surface area contributed by atoms with E-state index < -0.39 is 6.10 Å². The number of aliphatic hydroxyl groups excluding tert-OH is 2. The molecule has 0 heterocycles. The van der Waals surface area contributed by atoms with Crippen molar-refractivity contribution in [1.29, 1.82) is 0 Å². The van der Waals surface area contributed by atoms with Crippen LogP contribution in [0.1, 0.15) is 20.8 Å². The Bertz CT molecular complexity index is 235. The molecule has 1 aliphatic rings. The molecule has 0 spiro atoms. The Morgan fingerprint density at radius 2 is 1.94 bits per heavy atom. The van der Waals surface area contributed by atoms with Crippen molar-refractivity contribution < 1.29 is 14.9 Å². The summed E-state index contributed by atoms with van der Waals surface area (Å²) in [6.07, 6.45) is 2.96. The van der Waals surface area contributed by atoms with Crippen molar-refractivity contribution in [3.8, 4) is 0 Å². The fourth-order valence-corrected chi connectivity index (χ4v) is 1.91. The van der Waals surface area contributed by atoms with Crippen molar-refractivity contribution in [3.05, 3.63) is 24.3 Å². The second kappa shape index (κ2) is 7.60. The maximum absolute atomic E-state index is 9.73. The minimum atomic E-state index is -0.406. The average molecular weight is 227 g/mol. The molecular formula is C13H23O3-. The van der Waals surface area contributed by atoms with Gasteiger partial charge in [-0.2, -0.15) is 5.57 Å². The summed E-state index contributed by atoms with van der Waals surface area (Å²) >= 11 is 0. The van der Waals surface area contributed by atoms with E-state index in [-0.39, 0.29) is 12.0 Å². The second-order valence-electron chi connectivity index (χ2n) is 3.92. The highest BCUT2D eigenvalue weighted by Gasteiger charge is 2.29. The van der Waals surface area contributed by atoms with E-state index in [2.05, 4.69) is 6.92 Å². The molecule has 94 valence electrons. The van der Waals surface area contributed by atoms with Crippen LogP contribution < -0.4 is 0 Å². The first kappa shape index (κ1) is 15.4. The molecule has 1 rings (SSSR count). The number of ether oxygens (including phenoxy) is 1. The smallest absolute Gasteiger partial charge is 0.0595 e. The summed E-state index contributed by atoms with van der Waals surface area (Å²) in [5.41, 5.74) is 0.907. The fraction of sp³-hybridized carbons (Fsp3) is 0.692. The lowest BCUT2D eigenvalue weighted by Gasteiger charge is -2.40. The van der Waals surface area contributed by atoms with E-state index >= 15 is 0 Å². The summed E-state index contributed by atoms with van der Waals surface area (Å²) in [5, 5.41) is 16.7. The van der Waals surface area contributed by atoms with E-state index in [1.165, 1.54) is 6.08 Å². The molecule has 4 unspecified atom stereocenters. The van der Waals surface area contributed by atoms with Crippen molar-refractivity contribution >= 4 is 0 Å². The van der Waals surface area contributed by atoms with Crippen LogP contribution in [0.15, 0.2) is 17.7 Å². The van der Waals surface area contributed by atoms with Crippen molar-refractivity contribution in [2.45, 2.75) is 33.0 Å². The van der Waals surface area contributed by atoms with Crippen LogP contribution in [-0.2, 0) is 4.74 Å². The van der Waals surface area contributed by atoms with Gasteiger partial charge in [-0.3, -0.25) is 6.58 Å². The molecular weight excluding hydrogens is 204 g/mol. The van der Waals surface area contributed by atoms with Crippen molar-refractivity contribution in [2.75, 3.05) is 13.7 Å². The molecule has 0 bridgehead atoms. The topological polar surface area (TPSA) is 49.7 Å². The van der Waals surface area contributed by atoms with Gasteiger partial charge in [-0.05, 0) is 18.8 Å². The number of rotatable bonds is 3. The van der Waals surface area contributed by atoms with Crippen LogP contribution in [0, 0.1) is 18.4 Å². The largest absolute Gasteiger partial charge is 0.400 e. The van der Waals surface area contributed by atoms with Crippen LogP contribution in [0.2, 0.25) is 0 Å². The molecule has 0 saturated carbocycles. The highest BCUT2D eigenvalue weighted by Crippen LogP contribution is 2.32. The maximum Gasteiger partial charge on any atom is 0.0595 e. The summed E-state index contributed by atoms with van der Waals surface area (Å²) in [4.78, 5) is 0. The predicted molar refractivity (Wildman–Crippen MR) is 64.8 cm³/mol. The monoisotopic (exact) mass is 227 g/mol. The molecule has 1 aliphatic carbocycles. The van der Waals surface area contributed by atoms with Gasteiger partial charge >= 0.3 is 0 Å². The number of hydrogen-bond donors (Lipinski definition) is 2. The van der Waals surface area contributed by atoms with Crippen LogP contribution in [0.25, 0.3) is 0 Å². The number of aliphatic hydroxyl groups is 2. The zero-order valence-electron chi connectivity index (χ0n) is 10.6. The van der Waals surface area contributed by atoms with Gasteiger partial charge in [-0.25, -0.2) is 6.08 Å². The third kappa shape index (κ3) is 3.44. The van der Waals surface area contributed by atoms with Gasteiger partial charge in [0, 0.05) is 19.8 Å². The summed E-state index contributed by atoms with van der Waals surface area (Å²) < 4.78 is 5.63. The van der Waals surface area contributed by atoms with Gasteiger partial charge in [0.1, 0.15) is 0 Å². The highest BCUT2D eigenvalue weighted by atomic mass is 16.5. The molecule has 3 heteroatoms. The third-order valence-corrected chi connectivity index (χ3v) is 3.08. The van der Waals surface area contributed by atoms with Gasteiger partial charge in [0.15, 0.2) is 0 Å². The van der Waals surface area contributed by atoms with Gasteiger partial charge in [-0.1, -0.05) is 13.8 Å². The van der Waals surface area contributed by atoms with Gasteiger partial charge in [0.25, 0.3) is 0 Å². The van der Waals surface area contributed by atoms with E-state index in [4.69, 9.17) is 16.4 Å². The van der Waals surface area contributed by atoms with Crippen LogP contribution in [0.3, 0.4) is 0 Å². The van der Waals surface area contributed by atoms with E-state index in [0.717, 1.165) is 12.7 Å². The molecule has 0 amide bonds. The van der Waals surface area contributed by atoms with Crippen molar-refractivity contribution in [2.24, 2.45) is 11.8 Å². The molecule has 0 aromatic carbocycles. The molecule has 4 atom stereocenters. The Morgan fingerprint density at radius 3 is 2.38 bits per heavy atom. The normalized spacial score (nSPS) is 33.5. The SMILES string of the molecule is CO.[CH-]=CC1=CC(O)C(C)C(C)C1OCC. The second-order valence-corrected chi connectivity index (χ2v) is 3.92. The molecule has 0 radical (unpaired) electrons. The first-order chi connectivity index (χ1) is 7.61. The summed E-state index contributed by atoms with van der Waals surface area (Å²) in [6, 6.07) is 0. The molecule has 0 aromatic heterocycles.